The molecule has 5 nitrogen and oxygen atoms in total. The third-order valence-corrected chi connectivity index (χ3v) is 14.7. The standard InChI is InChI=1S/C53H18F20O5S/c54-28-27(29(55)31(57)32(58)30(28)56)26-23(53(74)78-79(20-12-3-1-4-13-20,21-14-5-2-6-15-21)25-17-9-11-19-10-7-8-16-22(19)25)18-24(75-50-42(68)36(62)33(59)37(63)43(50)69)48(76-51-44(70)38(64)34(60)39(65)45(51)71)49(26)77-52-46(72)40(66)35(61)41(67)47(52)73/h1-18H. The molecule has 0 saturated heterocycles. The summed E-state index contributed by atoms with van der Waals surface area (Å²) < 4.78 is 327. The van der Waals surface area contributed by atoms with Crippen molar-refractivity contribution in [2.75, 3.05) is 0 Å². The lowest BCUT2D eigenvalue weighted by Crippen LogP contribution is -2.17. The highest BCUT2D eigenvalue weighted by molar-refractivity contribution is 8.30. The van der Waals surface area contributed by atoms with E-state index in [9.17, 15) is 35.1 Å². The van der Waals surface area contributed by atoms with Gasteiger partial charge in [-0.3, -0.25) is 0 Å². The summed E-state index contributed by atoms with van der Waals surface area (Å²) >= 11 is 0. The molecule has 406 valence electrons. The zero-order valence-corrected chi connectivity index (χ0v) is 38.7. The van der Waals surface area contributed by atoms with Crippen molar-refractivity contribution in [3.63, 3.8) is 0 Å². The van der Waals surface area contributed by atoms with E-state index in [1.54, 1.807) is 6.07 Å². The molecule has 0 aliphatic rings. The van der Waals surface area contributed by atoms with E-state index in [1.165, 1.54) is 97.1 Å². The molecule has 0 heterocycles. The van der Waals surface area contributed by atoms with Crippen LogP contribution in [0.5, 0.6) is 34.5 Å². The van der Waals surface area contributed by atoms with Gasteiger partial charge in [-0.15, -0.1) is 0 Å². The second-order valence-electron chi connectivity index (χ2n) is 15.9. The van der Waals surface area contributed by atoms with Gasteiger partial charge < -0.3 is 18.4 Å². The Hall–Kier alpha value is -8.94. The zero-order valence-electron chi connectivity index (χ0n) is 37.9. The summed E-state index contributed by atoms with van der Waals surface area (Å²) in [5.41, 5.74) is -7.13. The fourth-order valence-electron chi connectivity index (χ4n) is 7.82. The average molecular weight is 1150 g/mol. The van der Waals surface area contributed by atoms with E-state index in [1.807, 2.05) is 0 Å². The SMILES string of the molecule is O=C(OS(c1ccccc1)(c1ccccc1)c1cccc2ccccc12)c1cc(Oc2c(F)c(F)c(F)c(F)c2F)c(Oc2c(F)c(F)c(F)c(F)c2F)c(Oc2c(F)c(F)c(F)c(F)c2F)c1-c1c(F)c(F)c(F)c(F)c1F. The molecule has 0 unspecified atom stereocenters. The van der Waals surface area contributed by atoms with Crippen molar-refractivity contribution in [1.82, 2.24) is 0 Å². The number of hydrogen-bond donors (Lipinski definition) is 0. The second-order valence-corrected chi connectivity index (χ2v) is 18.6. The second kappa shape index (κ2) is 20.8. The minimum Gasteiger partial charge on any atom is -0.447 e. The number of ether oxygens (including phenoxy) is 3. The maximum Gasteiger partial charge on any atom is 0.350 e. The van der Waals surface area contributed by atoms with Gasteiger partial charge in [0.15, 0.2) is 34.8 Å². The molecule has 0 saturated carbocycles. The summed E-state index contributed by atoms with van der Waals surface area (Å²) in [5, 5.41) is 0.575. The van der Waals surface area contributed by atoms with Crippen LogP contribution >= 0.6 is 10.3 Å². The predicted molar refractivity (Wildman–Crippen MR) is 235 cm³/mol. The van der Waals surface area contributed by atoms with Crippen LogP contribution in [0.15, 0.2) is 124 Å². The van der Waals surface area contributed by atoms with E-state index in [4.69, 9.17) is 18.4 Å². The molecule has 0 atom stereocenters. The van der Waals surface area contributed by atoms with Gasteiger partial charge in [0.05, 0.1) is 11.1 Å². The van der Waals surface area contributed by atoms with Gasteiger partial charge in [0.25, 0.3) is 0 Å². The van der Waals surface area contributed by atoms with Crippen molar-refractivity contribution >= 4 is 27.1 Å². The van der Waals surface area contributed by atoms with Gasteiger partial charge in [-0.05, 0) is 51.4 Å². The van der Waals surface area contributed by atoms with Gasteiger partial charge in [-0.25, -0.2) is 66.3 Å². The lowest BCUT2D eigenvalue weighted by Gasteiger charge is -2.40. The summed E-state index contributed by atoms with van der Waals surface area (Å²) in [5.74, 6) is -79.6. The third-order valence-electron chi connectivity index (χ3n) is 11.4. The largest absolute Gasteiger partial charge is 0.447 e. The maximum atomic E-state index is 16.6. The molecular formula is C53H18F20O5S. The average Bonchev–Trinajstić information content (AvgIpc) is 3.60. The highest BCUT2D eigenvalue weighted by Gasteiger charge is 2.43. The molecule has 0 aromatic heterocycles. The molecule has 79 heavy (non-hydrogen) atoms. The van der Waals surface area contributed by atoms with Gasteiger partial charge in [-0.2, -0.15) is 26.3 Å². The molecule has 0 spiro atoms. The summed E-state index contributed by atoms with van der Waals surface area (Å²) in [7, 11) is -4.03. The monoisotopic (exact) mass is 1150 g/mol. The number of fused-ring (bicyclic) bond motifs is 1. The first kappa shape index (κ1) is 54.8. The number of rotatable bonds is 12. The van der Waals surface area contributed by atoms with Crippen LogP contribution in [0.2, 0.25) is 0 Å². The van der Waals surface area contributed by atoms with Gasteiger partial charge in [-0.1, -0.05) is 72.8 Å². The summed E-state index contributed by atoms with van der Waals surface area (Å²) in [6.45, 7) is 0. The molecule has 0 amide bonds. The smallest absolute Gasteiger partial charge is 0.350 e. The van der Waals surface area contributed by atoms with E-state index < -0.39 is 184 Å². The highest BCUT2D eigenvalue weighted by atomic mass is 32.3. The summed E-state index contributed by atoms with van der Waals surface area (Å²) in [4.78, 5) is 15.5. The Kier molecular flexibility index (Phi) is 14.4. The third kappa shape index (κ3) is 8.88. The van der Waals surface area contributed by atoms with E-state index >= 15 is 57.5 Å². The molecule has 0 aliphatic heterocycles. The van der Waals surface area contributed by atoms with Crippen LogP contribution in [0.3, 0.4) is 0 Å². The molecular weight excluding hydrogens is 1130 g/mol. The van der Waals surface area contributed by atoms with E-state index in [2.05, 4.69) is 0 Å². The van der Waals surface area contributed by atoms with Crippen molar-refractivity contribution in [3.05, 3.63) is 231 Å². The molecule has 0 fully saturated rings. The normalized spacial score (nSPS) is 11.8. The maximum absolute atomic E-state index is 16.6. The molecule has 9 aromatic rings. The molecule has 9 aromatic carbocycles. The topological polar surface area (TPSA) is 54.0 Å². The Balaban J connectivity index is 1.52. The van der Waals surface area contributed by atoms with Crippen LogP contribution in [0.4, 0.5) is 87.8 Å². The van der Waals surface area contributed by atoms with Crippen LogP contribution in [0, 0.1) is 116 Å². The Bertz CT molecular complexity index is 3860. The highest BCUT2D eigenvalue weighted by Crippen LogP contribution is 2.71. The van der Waals surface area contributed by atoms with Crippen molar-refractivity contribution in [2.45, 2.75) is 14.7 Å². The van der Waals surface area contributed by atoms with Crippen LogP contribution in [0.1, 0.15) is 10.4 Å². The number of benzene rings is 9. The van der Waals surface area contributed by atoms with Crippen molar-refractivity contribution in [3.8, 4) is 45.6 Å². The van der Waals surface area contributed by atoms with Crippen LogP contribution in [-0.2, 0) is 4.18 Å². The van der Waals surface area contributed by atoms with Gasteiger partial charge in [0.2, 0.25) is 116 Å². The quantitative estimate of drug-likeness (QED) is 0.0693. The Morgan fingerprint density at radius 3 is 1.09 bits per heavy atom. The van der Waals surface area contributed by atoms with Gasteiger partial charge >= 0.3 is 5.97 Å². The minimum atomic E-state index is -4.03. The molecule has 9 rings (SSSR count). The Morgan fingerprint density at radius 1 is 0.316 bits per heavy atom. The Labute approximate surface area is 428 Å². The fourth-order valence-corrected chi connectivity index (χ4v) is 11.0. The molecule has 0 radical (unpaired) electrons. The first-order valence-corrected chi connectivity index (χ1v) is 23.0. The lowest BCUT2D eigenvalue weighted by atomic mass is 9.95. The summed E-state index contributed by atoms with van der Waals surface area (Å²) in [6.07, 6.45) is 0. The predicted octanol–water partition coefficient (Wildman–Crippen LogP) is 17.7. The van der Waals surface area contributed by atoms with Gasteiger partial charge in [0, 0.05) is 26.3 Å². The summed E-state index contributed by atoms with van der Waals surface area (Å²) in [6, 6.07) is 23.5. The van der Waals surface area contributed by atoms with Crippen molar-refractivity contribution in [2.24, 2.45) is 0 Å². The fraction of sp³-hybridized carbons (Fsp3) is 0. The van der Waals surface area contributed by atoms with E-state index in [0.717, 1.165) is 0 Å². The van der Waals surface area contributed by atoms with Crippen LogP contribution < -0.4 is 14.2 Å². The minimum absolute atomic E-state index is 0.0313. The zero-order chi connectivity index (χ0) is 57.3. The van der Waals surface area contributed by atoms with Crippen molar-refractivity contribution < 1.29 is 111 Å². The molecule has 0 N–H and O–H groups in total. The first-order chi connectivity index (χ1) is 37.5. The van der Waals surface area contributed by atoms with Gasteiger partial charge in [0.1, 0.15) is 0 Å². The van der Waals surface area contributed by atoms with E-state index in [-0.39, 0.29) is 26.1 Å². The Morgan fingerprint density at radius 2 is 0.658 bits per heavy atom. The van der Waals surface area contributed by atoms with Crippen LogP contribution in [-0.4, -0.2) is 5.97 Å². The van der Waals surface area contributed by atoms with Crippen molar-refractivity contribution in [1.29, 1.82) is 0 Å². The number of halogens is 20. The van der Waals surface area contributed by atoms with Crippen LogP contribution in [0.25, 0.3) is 21.9 Å². The molecule has 26 heteroatoms. The number of carbonyl (C=O) groups is 1. The first-order valence-electron chi connectivity index (χ1n) is 21.4. The number of carbonyl (C=O) groups excluding carboxylic acids is 1. The van der Waals surface area contributed by atoms with E-state index in [0.29, 0.717) is 5.39 Å². The molecule has 0 aliphatic carbocycles. The lowest BCUT2D eigenvalue weighted by molar-refractivity contribution is 0.0757. The molecule has 0 bridgehead atoms. The number of hydrogen-bond acceptors (Lipinski definition) is 5.